The Morgan fingerprint density at radius 3 is 2.22 bits per heavy atom. The first kappa shape index (κ1) is 13.2. The smallest absolute Gasteiger partial charge is 0.398 e. The molecule has 2 aromatic carbocycles. The van der Waals surface area contributed by atoms with E-state index in [1.165, 1.54) is 6.07 Å². The van der Waals surface area contributed by atoms with Crippen LogP contribution in [0.25, 0.3) is 11.1 Å². The first-order chi connectivity index (χ1) is 8.38. The maximum atomic E-state index is 12.6. The Bertz CT molecular complexity index is 579. The largest absolute Gasteiger partial charge is 0.416 e. The summed E-state index contributed by atoms with van der Waals surface area (Å²) in [4.78, 5) is 0. The number of rotatable bonds is 1. The molecule has 0 heterocycles. The summed E-state index contributed by atoms with van der Waals surface area (Å²) in [6, 6.07) is 10.4. The van der Waals surface area contributed by atoms with E-state index in [4.69, 9.17) is 5.73 Å². The number of alkyl halides is 3. The van der Waals surface area contributed by atoms with E-state index in [1.54, 1.807) is 24.3 Å². The topological polar surface area (TPSA) is 26.0 Å². The van der Waals surface area contributed by atoms with E-state index >= 15 is 0 Å². The van der Waals surface area contributed by atoms with Crippen molar-refractivity contribution in [2.45, 2.75) is 6.18 Å². The van der Waals surface area contributed by atoms with Crippen molar-refractivity contribution in [3.05, 3.63) is 51.6 Å². The number of nitrogens with two attached hydrogens (primary N) is 1. The van der Waals surface area contributed by atoms with Crippen LogP contribution < -0.4 is 5.73 Å². The Labute approximate surface area is 116 Å². The normalized spacial score (nSPS) is 11.6. The molecule has 0 amide bonds. The van der Waals surface area contributed by atoms with Crippen LogP contribution >= 0.6 is 22.6 Å². The van der Waals surface area contributed by atoms with Crippen LogP contribution in [0.1, 0.15) is 5.56 Å². The van der Waals surface area contributed by atoms with Gasteiger partial charge in [-0.15, -0.1) is 0 Å². The molecule has 18 heavy (non-hydrogen) atoms. The van der Waals surface area contributed by atoms with Gasteiger partial charge in [0.15, 0.2) is 0 Å². The molecule has 0 aliphatic heterocycles. The molecule has 2 N–H and O–H groups in total. The average Bonchev–Trinajstić information content (AvgIpc) is 2.32. The van der Waals surface area contributed by atoms with E-state index in [0.717, 1.165) is 21.3 Å². The maximum Gasteiger partial charge on any atom is 0.416 e. The van der Waals surface area contributed by atoms with Crippen LogP contribution in [0.4, 0.5) is 18.9 Å². The Morgan fingerprint density at radius 1 is 0.944 bits per heavy atom. The Hall–Kier alpha value is -1.24. The lowest BCUT2D eigenvalue weighted by Crippen LogP contribution is -2.04. The number of benzene rings is 2. The Kier molecular flexibility index (Phi) is 3.52. The Morgan fingerprint density at radius 2 is 1.61 bits per heavy atom. The summed E-state index contributed by atoms with van der Waals surface area (Å²) in [5.41, 5.74) is 6.90. The lowest BCUT2D eigenvalue weighted by molar-refractivity contribution is -0.137. The molecule has 0 aliphatic rings. The van der Waals surface area contributed by atoms with E-state index in [1.807, 2.05) is 0 Å². The van der Waals surface area contributed by atoms with Gasteiger partial charge in [-0.1, -0.05) is 18.2 Å². The SMILES string of the molecule is Nc1ccc(-c2cccc(C(F)(F)F)c2)cc1I. The second kappa shape index (κ2) is 4.79. The highest BCUT2D eigenvalue weighted by molar-refractivity contribution is 14.1. The molecule has 0 saturated heterocycles. The van der Waals surface area contributed by atoms with Crippen molar-refractivity contribution in [2.24, 2.45) is 0 Å². The molecule has 0 bridgehead atoms. The van der Waals surface area contributed by atoms with Crippen LogP contribution in [0.15, 0.2) is 42.5 Å². The highest BCUT2D eigenvalue weighted by Gasteiger charge is 2.30. The molecule has 0 unspecified atom stereocenters. The van der Waals surface area contributed by atoms with Crippen LogP contribution in [0.3, 0.4) is 0 Å². The molecular weight excluding hydrogens is 354 g/mol. The number of halogens is 4. The zero-order chi connectivity index (χ0) is 13.3. The zero-order valence-corrected chi connectivity index (χ0v) is 11.3. The highest BCUT2D eigenvalue weighted by Crippen LogP contribution is 2.32. The standard InChI is InChI=1S/C13H9F3IN/c14-13(15,16)10-3-1-2-8(6-10)9-4-5-12(18)11(17)7-9/h1-7H,18H2. The van der Waals surface area contributed by atoms with Crippen LogP contribution in [0, 0.1) is 3.57 Å². The highest BCUT2D eigenvalue weighted by atomic mass is 127. The summed E-state index contributed by atoms with van der Waals surface area (Å²) in [5.74, 6) is 0. The van der Waals surface area contributed by atoms with Crippen molar-refractivity contribution in [3.63, 3.8) is 0 Å². The van der Waals surface area contributed by atoms with Crippen LogP contribution in [-0.4, -0.2) is 0 Å². The van der Waals surface area contributed by atoms with Gasteiger partial charge in [-0.25, -0.2) is 0 Å². The van der Waals surface area contributed by atoms with E-state index in [-0.39, 0.29) is 0 Å². The zero-order valence-electron chi connectivity index (χ0n) is 9.13. The summed E-state index contributed by atoms with van der Waals surface area (Å²) < 4.78 is 38.6. The molecule has 94 valence electrons. The van der Waals surface area contributed by atoms with Gasteiger partial charge >= 0.3 is 6.18 Å². The van der Waals surface area contributed by atoms with E-state index in [9.17, 15) is 13.2 Å². The molecule has 0 atom stereocenters. The summed E-state index contributed by atoms with van der Waals surface area (Å²) in [5, 5.41) is 0. The fourth-order valence-corrected chi connectivity index (χ4v) is 2.10. The van der Waals surface area contributed by atoms with Crippen LogP contribution in [-0.2, 0) is 6.18 Å². The van der Waals surface area contributed by atoms with Crippen molar-refractivity contribution in [1.29, 1.82) is 0 Å². The third-order valence-electron chi connectivity index (χ3n) is 2.52. The molecule has 0 aliphatic carbocycles. The van der Waals surface area contributed by atoms with Gasteiger partial charge in [-0.3, -0.25) is 0 Å². The lowest BCUT2D eigenvalue weighted by Gasteiger charge is -2.09. The number of nitrogen functional groups attached to an aromatic ring is 1. The summed E-state index contributed by atoms with van der Waals surface area (Å²) in [7, 11) is 0. The minimum atomic E-state index is -4.32. The van der Waals surface area contributed by atoms with Gasteiger partial charge in [-0.2, -0.15) is 13.2 Å². The number of hydrogen-bond acceptors (Lipinski definition) is 1. The van der Waals surface area contributed by atoms with Crippen molar-refractivity contribution in [3.8, 4) is 11.1 Å². The van der Waals surface area contributed by atoms with E-state index in [0.29, 0.717) is 11.3 Å². The minimum Gasteiger partial charge on any atom is -0.398 e. The quantitative estimate of drug-likeness (QED) is 0.584. The van der Waals surface area contributed by atoms with Crippen LogP contribution in [0.2, 0.25) is 0 Å². The number of hydrogen-bond donors (Lipinski definition) is 1. The van der Waals surface area contributed by atoms with Gasteiger partial charge in [0.25, 0.3) is 0 Å². The summed E-state index contributed by atoms with van der Waals surface area (Å²) >= 11 is 2.05. The van der Waals surface area contributed by atoms with Gasteiger partial charge in [0.05, 0.1) is 5.56 Å². The van der Waals surface area contributed by atoms with Gasteiger partial charge < -0.3 is 5.73 Å². The fraction of sp³-hybridized carbons (Fsp3) is 0.0769. The lowest BCUT2D eigenvalue weighted by atomic mass is 10.0. The third-order valence-corrected chi connectivity index (χ3v) is 3.46. The molecule has 0 saturated carbocycles. The molecule has 0 fully saturated rings. The summed E-state index contributed by atoms with van der Waals surface area (Å²) in [6.45, 7) is 0. The van der Waals surface area contributed by atoms with Gasteiger partial charge in [-0.05, 0) is 58.0 Å². The molecule has 2 rings (SSSR count). The molecule has 0 aromatic heterocycles. The molecule has 0 spiro atoms. The maximum absolute atomic E-state index is 12.6. The van der Waals surface area contributed by atoms with Crippen molar-refractivity contribution in [2.75, 3.05) is 5.73 Å². The second-order valence-corrected chi connectivity index (χ2v) is 4.98. The first-order valence-electron chi connectivity index (χ1n) is 5.10. The van der Waals surface area contributed by atoms with Gasteiger partial charge in [0, 0.05) is 9.26 Å². The second-order valence-electron chi connectivity index (χ2n) is 3.81. The van der Waals surface area contributed by atoms with E-state index < -0.39 is 11.7 Å². The molecule has 5 heteroatoms. The van der Waals surface area contributed by atoms with Crippen molar-refractivity contribution < 1.29 is 13.2 Å². The Balaban J connectivity index is 2.48. The van der Waals surface area contributed by atoms with Gasteiger partial charge in [0.2, 0.25) is 0 Å². The van der Waals surface area contributed by atoms with Crippen LogP contribution in [0.5, 0.6) is 0 Å². The minimum absolute atomic E-state index is 0.530. The van der Waals surface area contributed by atoms with Crippen molar-refractivity contribution in [1.82, 2.24) is 0 Å². The van der Waals surface area contributed by atoms with Crippen molar-refractivity contribution >= 4 is 28.3 Å². The molecular formula is C13H9F3IN. The summed E-state index contributed by atoms with van der Waals surface area (Å²) in [6.07, 6.45) is -4.32. The third kappa shape index (κ3) is 2.77. The molecule has 1 nitrogen and oxygen atoms in total. The first-order valence-corrected chi connectivity index (χ1v) is 6.18. The predicted octanol–water partition coefficient (Wildman–Crippen LogP) is 4.56. The molecule has 0 radical (unpaired) electrons. The molecule has 2 aromatic rings. The fourth-order valence-electron chi connectivity index (χ4n) is 1.58. The van der Waals surface area contributed by atoms with E-state index in [2.05, 4.69) is 22.6 Å². The van der Waals surface area contributed by atoms with Gasteiger partial charge in [0.1, 0.15) is 0 Å². The monoisotopic (exact) mass is 363 g/mol. The number of anilines is 1. The average molecular weight is 363 g/mol. The predicted molar refractivity (Wildman–Crippen MR) is 74.0 cm³/mol.